The topological polar surface area (TPSA) is 101 Å². The number of carbonyl (C=O) groups excluding carboxylic acids is 3. The summed E-state index contributed by atoms with van der Waals surface area (Å²) in [6.45, 7) is 0. The summed E-state index contributed by atoms with van der Waals surface area (Å²) in [5.41, 5.74) is 7.89. The normalized spacial score (nSPS) is 24.6. The SMILES string of the molecule is C#Cc1ccc(C2CC2C(=O)NC2CCCC(NC(=O)c3cscc3C(N)=O)C2)cc1. The van der Waals surface area contributed by atoms with Gasteiger partial charge in [-0.15, -0.1) is 6.42 Å². The van der Waals surface area contributed by atoms with Gasteiger partial charge in [0.05, 0.1) is 11.1 Å². The molecule has 6 nitrogen and oxygen atoms in total. The second kappa shape index (κ2) is 8.94. The Bertz CT molecular complexity index is 1040. The van der Waals surface area contributed by atoms with Crippen molar-refractivity contribution in [2.45, 2.75) is 50.1 Å². The first kappa shape index (κ1) is 21.1. The van der Waals surface area contributed by atoms with Crippen LogP contribution in [0.25, 0.3) is 0 Å². The summed E-state index contributed by atoms with van der Waals surface area (Å²) >= 11 is 1.28. The Balaban J connectivity index is 1.29. The quantitative estimate of drug-likeness (QED) is 0.608. The molecule has 1 aromatic carbocycles. The molecule has 160 valence electrons. The highest BCUT2D eigenvalue weighted by molar-refractivity contribution is 7.08. The minimum atomic E-state index is -0.604. The third-order valence-corrected chi connectivity index (χ3v) is 6.90. The van der Waals surface area contributed by atoms with Crippen LogP contribution in [0, 0.1) is 18.3 Å². The summed E-state index contributed by atoms with van der Waals surface area (Å²) in [6.07, 6.45) is 9.60. The lowest BCUT2D eigenvalue weighted by atomic mass is 9.90. The fourth-order valence-electron chi connectivity index (χ4n) is 4.37. The van der Waals surface area contributed by atoms with Gasteiger partial charge in [-0.05, 0) is 55.7 Å². The minimum absolute atomic E-state index is 0.00409. The van der Waals surface area contributed by atoms with E-state index in [0.717, 1.165) is 36.8 Å². The summed E-state index contributed by atoms with van der Waals surface area (Å²) in [7, 11) is 0. The van der Waals surface area contributed by atoms with Crippen LogP contribution in [0.2, 0.25) is 0 Å². The van der Waals surface area contributed by atoms with Crippen molar-refractivity contribution in [1.29, 1.82) is 0 Å². The van der Waals surface area contributed by atoms with E-state index in [2.05, 4.69) is 16.6 Å². The van der Waals surface area contributed by atoms with E-state index in [4.69, 9.17) is 12.2 Å². The maximum atomic E-state index is 12.7. The van der Waals surface area contributed by atoms with Crippen LogP contribution in [0.15, 0.2) is 35.0 Å². The van der Waals surface area contributed by atoms with Crippen molar-refractivity contribution >= 4 is 29.1 Å². The van der Waals surface area contributed by atoms with Crippen LogP contribution >= 0.6 is 11.3 Å². The Labute approximate surface area is 185 Å². The van der Waals surface area contributed by atoms with Crippen LogP contribution < -0.4 is 16.4 Å². The molecule has 4 unspecified atom stereocenters. The second-order valence-electron chi connectivity index (χ2n) is 8.32. The number of thiophene rings is 1. The molecule has 3 amide bonds. The van der Waals surface area contributed by atoms with E-state index in [1.165, 1.54) is 11.3 Å². The Morgan fingerprint density at radius 3 is 2.35 bits per heavy atom. The molecule has 4 atom stereocenters. The first-order valence-corrected chi connectivity index (χ1v) is 11.4. The number of nitrogens with two attached hydrogens (primary N) is 1. The number of primary amides is 1. The lowest BCUT2D eigenvalue weighted by Gasteiger charge is -2.30. The molecular formula is C24H25N3O3S. The maximum Gasteiger partial charge on any atom is 0.253 e. The lowest BCUT2D eigenvalue weighted by Crippen LogP contribution is -2.46. The van der Waals surface area contributed by atoms with Crippen molar-refractivity contribution in [3.8, 4) is 12.3 Å². The van der Waals surface area contributed by atoms with E-state index in [0.29, 0.717) is 12.0 Å². The van der Waals surface area contributed by atoms with Crippen LogP contribution in [0.1, 0.15) is 69.9 Å². The van der Waals surface area contributed by atoms with Crippen molar-refractivity contribution in [1.82, 2.24) is 10.6 Å². The maximum absolute atomic E-state index is 12.7. The zero-order valence-corrected chi connectivity index (χ0v) is 17.9. The summed E-state index contributed by atoms with van der Waals surface area (Å²) in [5.74, 6) is 2.04. The van der Waals surface area contributed by atoms with Crippen molar-refractivity contribution in [3.63, 3.8) is 0 Å². The van der Waals surface area contributed by atoms with Crippen LogP contribution in [-0.2, 0) is 4.79 Å². The molecule has 2 saturated carbocycles. The molecular weight excluding hydrogens is 410 g/mol. The number of carbonyl (C=O) groups is 3. The molecule has 2 aliphatic carbocycles. The number of nitrogens with one attached hydrogen (secondary N) is 2. The first-order valence-electron chi connectivity index (χ1n) is 10.5. The molecule has 0 bridgehead atoms. The fourth-order valence-corrected chi connectivity index (χ4v) is 5.18. The van der Waals surface area contributed by atoms with Crippen LogP contribution in [-0.4, -0.2) is 29.8 Å². The Morgan fingerprint density at radius 1 is 1.00 bits per heavy atom. The van der Waals surface area contributed by atoms with E-state index < -0.39 is 5.91 Å². The van der Waals surface area contributed by atoms with E-state index in [-0.39, 0.29) is 41.3 Å². The Hall–Kier alpha value is -3.11. The molecule has 2 fully saturated rings. The molecule has 1 heterocycles. The molecule has 1 aromatic heterocycles. The van der Waals surface area contributed by atoms with E-state index in [9.17, 15) is 14.4 Å². The van der Waals surface area contributed by atoms with Gasteiger partial charge in [-0.1, -0.05) is 18.1 Å². The molecule has 0 aliphatic heterocycles. The number of rotatable bonds is 6. The number of hydrogen-bond donors (Lipinski definition) is 3. The molecule has 0 saturated heterocycles. The molecule has 0 radical (unpaired) electrons. The monoisotopic (exact) mass is 435 g/mol. The van der Waals surface area contributed by atoms with Crippen LogP contribution in [0.4, 0.5) is 0 Å². The van der Waals surface area contributed by atoms with Gasteiger partial charge >= 0.3 is 0 Å². The van der Waals surface area contributed by atoms with E-state index in [1.54, 1.807) is 10.8 Å². The smallest absolute Gasteiger partial charge is 0.253 e. The third kappa shape index (κ3) is 4.80. The zero-order valence-electron chi connectivity index (χ0n) is 17.1. The van der Waals surface area contributed by atoms with Gasteiger partial charge in [0.2, 0.25) is 11.8 Å². The van der Waals surface area contributed by atoms with Gasteiger partial charge in [-0.3, -0.25) is 14.4 Å². The average Bonchev–Trinajstić information content (AvgIpc) is 3.41. The van der Waals surface area contributed by atoms with E-state index in [1.807, 2.05) is 24.3 Å². The lowest BCUT2D eigenvalue weighted by molar-refractivity contribution is -0.123. The van der Waals surface area contributed by atoms with Crippen LogP contribution in [0.5, 0.6) is 0 Å². The summed E-state index contributed by atoms with van der Waals surface area (Å²) in [5, 5.41) is 9.41. The first-order chi connectivity index (χ1) is 15.0. The van der Waals surface area contributed by atoms with E-state index >= 15 is 0 Å². The number of terminal acetylenes is 1. The molecule has 2 aliphatic rings. The van der Waals surface area contributed by atoms with Gasteiger partial charge < -0.3 is 16.4 Å². The number of hydrogen-bond acceptors (Lipinski definition) is 4. The highest BCUT2D eigenvalue weighted by atomic mass is 32.1. The highest BCUT2D eigenvalue weighted by Crippen LogP contribution is 2.47. The summed E-state index contributed by atoms with van der Waals surface area (Å²) < 4.78 is 0. The van der Waals surface area contributed by atoms with Gasteiger partial charge in [0.15, 0.2) is 0 Å². The van der Waals surface area contributed by atoms with Crippen LogP contribution in [0.3, 0.4) is 0 Å². The summed E-state index contributed by atoms with van der Waals surface area (Å²) in [4.78, 5) is 36.8. The Kier molecular flexibility index (Phi) is 6.10. The van der Waals surface area contributed by atoms with Crippen molar-refractivity contribution in [2.24, 2.45) is 11.7 Å². The fraction of sp³-hybridized carbons (Fsp3) is 0.375. The average molecular weight is 436 g/mol. The van der Waals surface area contributed by atoms with Crippen molar-refractivity contribution in [2.75, 3.05) is 0 Å². The Morgan fingerprint density at radius 2 is 1.68 bits per heavy atom. The summed E-state index contributed by atoms with van der Waals surface area (Å²) in [6, 6.07) is 7.82. The van der Waals surface area contributed by atoms with Crippen molar-refractivity contribution in [3.05, 3.63) is 57.3 Å². The van der Waals surface area contributed by atoms with Crippen molar-refractivity contribution < 1.29 is 14.4 Å². The van der Waals surface area contributed by atoms with Gasteiger partial charge in [0, 0.05) is 34.3 Å². The van der Waals surface area contributed by atoms with Gasteiger partial charge in [-0.2, -0.15) is 11.3 Å². The molecule has 4 N–H and O–H groups in total. The molecule has 0 spiro atoms. The predicted molar refractivity (Wildman–Crippen MR) is 120 cm³/mol. The number of amides is 3. The molecule has 7 heteroatoms. The molecule has 31 heavy (non-hydrogen) atoms. The molecule has 4 rings (SSSR count). The zero-order chi connectivity index (χ0) is 22.0. The molecule has 2 aromatic rings. The largest absolute Gasteiger partial charge is 0.366 e. The third-order valence-electron chi connectivity index (χ3n) is 6.16. The highest BCUT2D eigenvalue weighted by Gasteiger charge is 2.44. The standard InChI is InChI=1S/C24H25N3O3S/c1-2-14-6-8-15(9-7-14)18-11-19(18)23(29)26-16-4-3-5-17(10-16)27-24(30)21-13-31-12-20(21)22(25)28/h1,6-9,12-13,16-19H,3-5,10-11H2,(H2,25,28)(H,26,29)(H,27,30). The number of benzene rings is 1. The minimum Gasteiger partial charge on any atom is -0.366 e. The van der Waals surface area contributed by atoms with Gasteiger partial charge in [0.1, 0.15) is 0 Å². The van der Waals surface area contributed by atoms with Gasteiger partial charge in [0.25, 0.3) is 5.91 Å². The predicted octanol–water partition coefficient (Wildman–Crippen LogP) is 2.79. The van der Waals surface area contributed by atoms with Gasteiger partial charge in [-0.25, -0.2) is 0 Å². The second-order valence-corrected chi connectivity index (χ2v) is 9.06.